The molecule has 1 aliphatic heterocycles. The number of nitro benzene ring substituents is 2. The molecule has 2 bridgehead atoms. The highest BCUT2D eigenvalue weighted by molar-refractivity contribution is 6.07. The van der Waals surface area contributed by atoms with Gasteiger partial charge in [-0.15, -0.1) is 0 Å². The van der Waals surface area contributed by atoms with Crippen molar-refractivity contribution >= 4 is 34.8 Å². The van der Waals surface area contributed by atoms with Crippen molar-refractivity contribution in [1.82, 2.24) is 4.90 Å². The largest absolute Gasteiger partial charge is 0.326 e. The molecule has 2 aromatic carbocycles. The molecule has 2 fully saturated rings. The van der Waals surface area contributed by atoms with Crippen molar-refractivity contribution in [2.45, 2.75) is 18.9 Å². The summed E-state index contributed by atoms with van der Waals surface area (Å²) in [5, 5.41) is 25.0. The fourth-order valence-corrected chi connectivity index (χ4v) is 5.52. The predicted octanol–water partition coefficient (Wildman–Crippen LogP) is 3.38. The summed E-state index contributed by atoms with van der Waals surface area (Å²) >= 11 is 0. The number of allylic oxidation sites excluding steroid dienone is 2. The first-order valence-electron chi connectivity index (χ1n) is 11.1. The Bertz CT molecular complexity index is 1280. The lowest BCUT2D eigenvalue weighted by atomic mass is 9.85. The van der Waals surface area contributed by atoms with E-state index in [1.54, 1.807) is 6.07 Å². The fraction of sp³-hybridized carbons (Fsp3) is 0.292. The third kappa shape index (κ3) is 3.84. The van der Waals surface area contributed by atoms with Gasteiger partial charge in [0.2, 0.25) is 17.7 Å². The second kappa shape index (κ2) is 8.42. The zero-order valence-electron chi connectivity index (χ0n) is 18.3. The second-order valence-electron chi connectivity index (χ2n) is 8.97. The summed E-state index contributed by atoms with van der Waals surface area (Å²) in [5.41, 5.74) is 0.0295. The first-order valence-corrected chi connectivity index (χ1v) is 11.1. The number of likely N-dealkylation sites (tertiary alicyclic amines) is 1. The van der Waals surface area contributed by atoms with Crippen molar-refractivity contribution in [2.24, 2.45) is 23.7 Å². The number of fused-ring (bicyclic) bond motifs is 5. The number of benzene rings is 2. The average Bonchev–Trinajstić information content (AvgIpc) is 3.52. The molecule has 1 saturated heterocycles. The molecule has 5 rings (SSSR count). The van der Waals surface area contributed by atoms with Gasteiger partial charge in [0.1, 0.15) is 0 Å². The van der Waals surface area contributed by atoms with Crippen LogP contribution in [-0.2, 0) is 14.4 Å². The Labute approximate surface area is 198 Å². The minimum absolute atomic E-state index is 0.0316. The van der Waals surface area contributed by atoms with E-state index in [9.17, 15) is 34.6 Å². The highest BCUT2D eigenvalue weighted by atomic mass is 16.6. The van der Waals surface area contributed by atoms with Crippen LogP contribution in [0.15, 0.2) is 60.7 Å². The van der Waals surface area contributed by atoms with E-state index in [0.717, 1.165) is 11.3 Å². The van der Waals surface area contributed by atoms with E-state index in [1.165, 1.54) is 42.5 Å². The Balaban J connectivity index is 1.46. The van der Waals surface area contributed by atoms with E-state index in [4.69, 9.17) is 0 Å². The molecule has 0 radical (unpaired) electrons. The van der Waals surface area contributed by atoms with E-state index < -0.39 is 33.6 Å². The number of anilines is 1. The van der Waals surface area contributed by atoms with Gasteiger partial charge in [-0.05, 0) is 29.9 Å². The van der Waals surface area contributed by atoms with Gasteiger partial charge in [-0.2, -0.15) is 0 Å². The molecule has 11 nitrogen and oxygen atoms in total. The zero-order chi connectivity index (χ0) is 24.9. The van der Waals surface area contributed by atoms with Crippen molar-refractivity contribution < 1.29 is 24.2 Å². The van der Waals surface area contributed by atoms with Gasteiger partial charge in [-0.25, -0.2) is 0 Å². The summed E-state index contributed by atoms with van der Waals surface area (Å²) in [6.07, 6.45) is 4.30. The SMILES string of the molecule is O=C(CC(c1cccc([N+](=O)[O-])c1)N1C(=O)C2C3C=CC(C3)C2C1=O)Nc1cccc([N+](=O)[O-])c1. The van der Waals surface area contributed by atoms with Crippen molar-refractivity contribution in [3.63, 3.8) is 0 Å². The normalized spacial score (nSPS) is 25.0. The molecule has 35 heavy (non-hydrogen) atoms. The fourth-order valence-electron chi connectivity index (χ4n) is 5.52. The van der Waals surface area contributed by atoms with Gasteiger partial charge in [0.15, 0.2) is 0 Å². The Morgan fingerprint density at radius 1 is 0.943 bits per heavy atom. The first kappa shape index (κ1) is 22.4. The number of hydrogen-bond acceptors (Lipinski definition) is 7. The molecule has 178 valence electrons. The van der Waals surface area contributed by atoms with Crippen molar-refractivity contribution in [3.8, 4) is 0 Å². The molecular formula is C24H20N4O7. The van der Waals surface area contributed by atoms with Gasteiger partial charge >= 0.3 is 0 Å². The van der Waals surface area contributed by atoms with Gasteiger partial charge in [-0.3, -0.25) is 39.5 Å². The Hall–Kier alpha value is -4.41. The van der Waals surface area contributed by atoms with Crippen LogP contribution < -0.4 is 5.32 Å². The molecular weight excluding hydrogens is 456 g/mol. The van der Waals surface area contributed by atoms with Crippen LogP contribution in [0.2, 0.25) is 0 Å². The van der Waals surface area contributed by atoms with Gasteiger partial charge < -0.3 is 5.32 Å². The van der Waals surface area contributed by atoms with Gasteiger partial charge in [0.05, 0.1) is 34.1 Å². The lowest BCUT2D eigenvalue weighted by Crippen LogP contribution is -2.38. The monoisotopic (exact) mass is 476 g/mol. The van der Waals surface area contributed by atoms with Crippen LogP contribution in [0.5, 0.6) is 0 Å². The van der Waals surface area contributed by atoms with Crippen LogP contribution in [0.4, 0.5) is 17.1 Å². The Kier molecular flexibility index (Phi) is 5.39. The third-order valence-electron chi connectivity index (χ3n) is 7.00. The van der Waals surface area contributed by atoms with Crippen LogP contribution in [-0.4, -0.2) is 32.5 Å². The number of nitro groups is 2. The van der Waals surface area contributed by atoms with Crippen LogP contribution >= 0.6 is 0 Å². The number of non-ortho nitro benzene ring substituents is 2. The van der Waals surface area contributed by atoms with Crippen molar-refractivity contribution in [1.29, 1.82) is 0 Å². The van der Waals surface area contributed by atoms with Crippen LogP contribution in [0.25, 0.3) is 0 Å². The topological polar surface area (TPSA) is 153 Å². The molecule has 0 spiro atoms. The molecule has 1 heterocycles. The van der Waals surface area contributed by atoms with E-state index in [2.05, 4.69) is 5.32 Å². The number of carbonyl (C=O) groups excluding carboxylic acids is 3. The van der Waals surface area contributed by atoms with Gasteiger partial charge in [0, 0.05) is 30.0 Å². The molecule has 11 heteroatoms. The summed E-state index contributed by atoms with van der Waals surface area (Å²) < 4.78 is 0. The number of carbonyl (C=O) groups is 3. The average molecular weight is 476 g/mol. The number of nitrogens with one attached hydrogen (secondary N) is 1. The molecule has 1 N–H and O–H groups in total. The molecule has 1 saturated carbocycles. The molecule has 0 aromatic heterocycles. The highest BCUT2D eigenvalue weighted by Gasteiger charge is 2.60. The van der Waals surface area contributed by atoms with Gasteiger partial charge in [-0.1, -0.05) is 30.4 Å². The minimum atomic E-state index is -1.06. The molecule has 5 unspecified atom stereocenters. The zero-order valence-corrected chi connectivity index (χ0v) is 18.3. The van der Waals surface area contributed by atoms with Crippen molar-refractivity contribution in [2.75, 3.05) is 5.32 Å². The summed E-state index contributed by atoms with van der Waals surface area (Å²) in [6.45, 7) is 0. The maximum absolute atomic E-state index is 13.4. The Morgan fingerprint density at radius 3 is 2.11 bits per heavy atom. The summed E-state index contributed by atoms with van der Waals surface area (Å²) in [4.78, 5) is 62.1. The second-order valence-corrected chi connectivity index (χ2v) is 8.97. The smallest absolute Gasteiger partial charge is 0.271 e. The molecule has 2 aliphatic carbocycles. The molecule has 3 amide bonds. The van der Waals surface area contributed by atoms with Crippen LogP contribution in [0.1, 0.15) is 24.4 Å². The lowest BCUT2D eigenvalue weighted by molar-refractivity contribution is -0.385. The molecule has 5 atom stereocenters. The highest BCUT2D eigenvalue weighted by Crippen LogP contribution is 2.54. The minimum Gasteiger partial charge on any atom is -0.326 e. The van der Waals surface area contributed by atoms with Crippen LogP contribution in [0, 0.1) is 43.9 Å². The van der Waals surface area contributed by atoms with E-state index in [0.29, 0.717) is 0 Å². The third-order valence-corrected chi connectivity index (χ3v) is 7.00. The lowest BCUT2D eigenvalue weighted by Gasteiger charge is -2.28. The predicted molar refractivity (Wildman–Crippen MR) is 122 cm³/mol. The maximum atomic E-state index is 13.4. The number of rotatable bonds is 7. The summed E-state index contributed by atoms with van der Waals surface area (Å²) in [5.74, 6) is -2.39. The number of amides is 3. The van der Waals surface area contributed by atoms with E-state index in [1.807, 2.05) is 12.2 Å². The number of nitrogens with zero attached hydrogens (tertiary/aromatic N) is 3. The van der Waals surface area contributed by atoms with Crippen LogP contribution in [0.3, 0.4) is 0 Å². The first-order chi connectivity index (χ1) is 16.7. The van der Waals surface area contributed by atoms with E-state index in [-0.39, 0.29) is 52.7 Å². The molecule has 2 aromatic rings. The van der Waals surface area contributed by atoms with Crippen molar-refractivity contribution in [3.05, 3.63) is 86.5 Å². The summed E-state index contributed by atoms with van der Waals surface area (Å²) in [6, 6.07) is 9.85. The van der Waals surface area contributed by atoms with Gasteiger partial charge in [0.25, 0.3) is 11.4 Å². The number of imide groups is 1. The number of hydrogen-bond donors (Lipinski definition) is 1. The van der Waals surface area contributed by atoms with E-state index >= 15 is 0 Å². The Morgan fingerprint density at radius 2 is 1.51 bits per heavy atom. The quantitative estimate of drug-likeness (QED) is 0.278. The molecule has 3 aliphatic rings. The maximum Gasteiger partial charge on any atom is 0.271 e. The standard InChI is InChI=1S/C24H20N4O7/c29-20(25-16-4-2-6-18(11-16)28(34)35)12-19(13-3-1-5-17(10-13)27(32)33)26-23(30)21-14-7-8-15(9-14)22(21)24(26)31/h1-8,10-11,14-15,19,21-22H,9,12H2,(H,25,29). The summed E-state index contributed by atoms with van der Waals surface area (Å²) in [7, 11) is 0.